The first-order valence-corrected chi connectivity index (χ1v) is 12.7. The van der Waals surface area contributed by atoms with Gasteiger partial charge in [0.2, 0.25) is 10.0 Å². The number of methoxy groups -OCH3 is 3. The molecule has 1 aliphatic heterocycles. The van der Waals surface area contributed by atoms with Crippen LogP contribution in [0.3, 0.4) is 0 Å². The normalized spacial score (nSPS) is 16.1. The van der Waals surface area contributed by atoms with Crippen LogP contribution >= 0.6 is 0 Å². The Hall–Kier alpha value is -3.04. The summed E-state index contributed by atoms with van der Waals surface area (Å²) in [5.41, 5.74) is 2.21. The SMILES string of the molecule is COc1cc(OC)c(C2=CCN(C(=O)c3cccc(S(=O)(=O)NCC4CC4)c3)CC2)c(OC)c1. The van der Waals surface area contributed by atoms with Crippen LogP contribution < -0.4 is 18.9 Å². The molecule has 0 atom stereocenters. The van der Waals surface area contributed by atoms with Crippen molar-refractivity contribution in [1.82, 2.24) is 9.62 Å². The molecular weight excluding hydrogens is 456 g/mol. The Morgan fingerprint density at radius 3 is 2.32 bits per heavy atom. The Kier molecular flexibility index (Phi) is 7.13. The maximum absolute atomic E-state index is 13.1. The van der Waals surface area contributed by atoms with Crippen LogP contribution in [0, 0.1) is 5.92 Å². The molecule has 34 heavy (non-hydrogen) atoms. The van der Waals surface area contributed by atoms with Crippen molar-refractivity contribution < 1.29 is 27.4 Å². The standard InChI is InChI=1S/C25H30N2O6S/c1-31-20-14-22(32-2)24(23(15-20)33-3)18-9-11-27(12-10-18)25(28)19-5-4-6-21(13-19)34(29,30)26-16-17-7-8-17/h4-6,9,13-15,17,26H,7-8,10-12,16H2,1-3H3. The summed E-state index contributed by atoms with van der Waals surface area (Å²) in [4.78, 5) is 15.0. The van der Waals surface area contributed by atoms with Crippen molar-refractivity contribution in [2.24, 2.45) is 5.92 Å². The van der Waals surface area contributed by atoms with Gasteiger partial charge in [-0.1, -0.05) is 12.1 Å². The minimum absolute atomic E-state index is 0.111. The van der Waals surface area contributed by atoms with Crippen LogP contribution in [0.1, 0.15) is 35.2 Å². The van der Waals surface area contributed by atoms with Crippen LogP contribution in [0.5, 0.6) is 17.2 Å². The smallest absolute Gasteiger partial charge is 0.254 e. The van der Waals surface area contributed by atoms with Crippen molar-refractivity contribution in [3.8, 4) is 17.2 Å². The van der Waals surface area contributed by atoms with Gasteiger partial charge in [0.15, 0.2) is 0 Å². The molecule has 1 fully saturated rings. The van der Waals surface area contributed by atoms with Gasteiger partial charge in [-0.05, 0) is 49.0 Å². The largest absolute Gasteiger partial charge is 0.496 e. The third-order valence-corrected chi connectivity index (χ3v) is 7.60. The molecule has 0 saturated heterocycles. The lowest BCUT2D eigenvalue weighted by Gasteiger charge is -2.28. The zero-order valence-corrected chi connectivity index (χ0v) is 20.5. The minimum atomic E-state index is -3.64. The molecule has 1 saturated carbocycles. The number of benzene rings is 2. The van der Waals surface area contributed by atoms with Gasteiger partial charge in [-0.3, -0.25) is 4.79 Å². The average molecular weight is 487 g/mol. The zero-order valence-electron chi connectivity index (χ0n) is 19.7. The molecule has 9 heteroatoms. The summed E-state index contributed by atoms with van der Waals surface area (Å²) in [5.74, 6) is 2.13. The third-order valence-electron chi connectivity index (χ3n) is 6.18. The maximum Gasteiger partial charge on any atom is 0.254 e. The van der Waals surface area contributed by atoms with Crippen molar-refractivity contribution >= 4 is 21.5 Å². The molecule has 1 amide bonds. The van der Waals surface area contributed by atoms with Crippen LogP contribution in [0.15, 0.2) is 47.4 Å². The van der Waals surface area contributed by atoms with Gasteiger partial charge in [0.05, 0.1) is 31.8 Å². The van der Waals surface area contributed by atoms with Crippen LogP contribution in [-0.2, 0) is 10.0 Å². The molecule has 2 aromatic carbocycles. The van der Waals surface area contributed by atoms with Crippen LogP contribution in [0.2, 0.25) is 0 Å². The molecule has 0 bridgehead atoms. The Bertz CT molecular complexity index is 1180. The third kappa shape index (κ3) is 5.20. The maximum atomic E-state index is 13.1. The second-order valence-corrected chi connectivity index (χ2v) is 10.2. The molecule has 0 unspecified atom stereocenters. The van der Waals surface area contributed by atoms with Crippen molar-refractivity contribution in [3.05, 3.63) is 53.6 Å². The molecular formula is C25H30N2O6S. The summed E-state index contributed by atoms with van der Waals surface area (Å²) < 4.78 is 44.3. The predicted molar refractivity (Wildman–Crippen MR) is 129 cm³/mol. The predicted octanol–water partition coefficient (Wildman–Crippen LogP) is 3.33. The summed E-state index contributed by atoms with van der Waals surface area (Å²) in [6, 6.07) is 9.84. The Morgan fingerprint density at radius 2 is 1.76 bits per heavy atom. The van der Waals surface area contributed by atoms with Crippen LogP contribution in [0.25, 0.3) is 5.57 Å². The number of hydrogen-bond donors (Lipinski definition) is 1. The van der Waals surface area contributed by atoms with Crippen molar-refractivity contribution in [1.29, 1.82) is 0 Å². The Balaban J connectivity index is 1.51. The lowest BCUT2D eigenvalue weighted by molar-refractivity contribution is 0.0772. The quantitative estimate of drug-likeness (QED) is 0.584. The number of ether oxygens (including phenoxy) is 3. The number of amides is 1. The van der Waals surface area contributed by atoms with Gasteiger partial charge in [0.1, 0.15) is 17.2 Å². The zero-order chi connectivity index (χ0) is 24.3. The topological polar surface area (TPSA) is 94.2 Å². The first kappa shape index (κ1) is 24.1. The van der Waals surface area contributed by atoms with Gasteiger partial charge in [-0.25, -0.2) is 13.1 Å². The highest BCUT2D eigenvalue weighted by atomic mass is 32.2. The van der Waals surface area contributed by atoms with Crippen LogP contribution in [-0.4, -0.2) is 60.2 Å². The molecule has 4 rings (SSSR count). The lowest BCUT2D eigenvalue weighted by Crippen LogP contribution is -2.35. The fourth-order valence-electron chi connectivity index (χ4n) is 4.01. The summed E-state index contributed by atoms with van der Waals surface area (Å²) in [5, 5.41) is 0. The Labute approximate surface area is 200 Å². The molecule has 0 aromatic heterocycles. The number of sulfonamides is 1. The minimum Gasteiger partial charge on any atom is -0.496 e. The van der Waals surface area contributed by atoms with Crippen molar-refractivity contribution in [3.63, 3.8) is 0 Å². The first-order chi connectivity index (χ1) is 16.4. The molecule has 1 heterocycles. The summed E-state index contributed by atoms with van der Waals surface area (Å²) in [6.07, 6.45) is 4.69. The van der Waals surface area contributed by atoms with Crippen LogP contribution in [0.4, 0.5) is 0 Å². The molecule has 0 spiro atoms. The second kappa shape index (κ2) is 10.1. The van der Waals surface area contributed by atoms with Gasteiger partial charge in [0, 0.05) is 37.3 Å². The lowest BCUT2D eigenvalue weighted by atomic mass is 9.96. The van der Waals surface area contributed by atoms with E-state index in [1.54, 1.807) is 50.5 Å². The number of hydrogen-bond acceptors (Lipinski definition) is 6. The van der Waals surface area contributed by atoms with Gasteiger partial charge < -0.3 is 19.1 Å². The number of nitrogens with one attached hydrogen (secondary N) is 1. The van der Waals surface area contributed by atoms with Crippen molar-refractivity contribution in [2.45, 2.75) is 24.2 Å². The number of carbonyl (C=O) groups excluding carboxylic acids is 1. The van der Waals surface area contributed by atoms with E-state index in [4.69, 9.17) is 14.2 Å². The summed E-state index contributed by atoms with van der Waals surface area (Å²) in [7, 11) is 1.13. The van der Waals surface area contributed by atoms with E-state index in [2.05, 4.69) is 4.72 Å². The first-order valence-electron chi connectivity index (χ1n) is 11.2. The highest BCUT2D eigenvalue weighted by molar-refractivity contribution is 7.89. The van der Waals surface area contributed by atoms with E-state index in [0.29, 0.717) is 54.8 Å². The summed E-state index contributed by atoms with van der Waals surface area (Å²) in [6.45, 7) is 1.32. The van der Waals surface area contributed by atoms with E-state index >= 15 is 0 Å². The molecule has 2 aliphatic rings. The molecule has 1 N–H and O–H groups in total. The molecule has 2 aromatic rings. The number of nitrogens with zero attached hydrogens (tertiary/aromatic N) is 1. The highest BCUT2D eigenvalue weighted by Gasteiger charge is 2.26. The fraction of sp³-hybridized carbons (Fsp3) is 0.400. The second-order valence-electron chi connectivity index (χ2n) is 8.46. The van der Waals surface area contributed by atoms with Gasteiger partial charge in [0.25, 0.3) is 5.91 Å². The number of carbonyl (C=O) groups is 1. The molecule has 182 valence electrons. The molecule has 1 aliphatic carbocycles. The van der Waals surface area contributed by atoms with E-state index in [1.165, 1.54) is 12.1 Å². The van der Waals surface area contributed by atoms with E-state index in [1.807, 2.05) is 6.08 Å². The number of rotatable bonds is 9. The average Bonchev–Trinajstić information content (AvgIpc) is 3.71. The highest BCUT2D eigenvalue weighted by Crippen LogP contribution is 2.41. The van der Waals surface area contributed by atoms with E-state index < -0.39 is 10.0 Å². The van der Waals surface area contributed by atoms with Gasteiger partial charge in [-0.15, -0.1) is 0 Å². The monoisotopic (exact) mass is 486 g/mol. The van der Waals surface area contributed by atoms with E-state index in [-0.39, 0.29) is 10.8 Å². The van der Waals surface area contributed by atoms with Gasteiger partial charge in [-0.2, -0.15) is 0 Å². The molecule has 0 radical (unpaired) electrons. The van der Waals surface area contributed by atoms with E-state index in [0.717, 1.165) is 24.0 Å². The summed E-state index contributed by atoms with van der Waals surface area (Å²) >= 11 is 0. The van der Waals surface area contributed by atoms with Crippen molar-refractivity contribution in [2.75, 3.05) is 41.0 Å². The fourth-order valence-corrected chi connectivity index (χ4v) is 5.18. The Morgan fingerprint density at radius 1 is 1.06 bits per heavy atom. The van der Waals surface area contributed by atoms with E-state index in [9.17, 15) is 13.2 Å². The molecule has 8 nitrogen and oxygen atoms in total. The van der Waals surface area contributed by atoms with Gasteiger partial charge >= 0.3 is 0 Å².